The molecule has 4 aromatic heterocycles. The average Bonchev–Trinajstić information content (AvgIpc) is 3.19. The second-order valence-corrected chi connectivity index (χ2v) is 10.1. The first-order valence-electron chi connectivity index (χ1n) is 10.5. The molecule has 0 radical (unpaired) electrons. The van der Waals surface area contributed by atoms with E-state index in [1.807, 2.05) is 15.9 Å². The number of aromatic nitrogens is 4. The zero-order chi connectivity index (χ0) is 19.2. The highest BCUT2D eigenvalue weighted by Crippen LogP contribution is 2.65. The molecule has 0 bridgehead atoms. The maximum atomic E-state index is 4.37. The molecule has 0 aliphatic heterocycles. The molecule has 1 N–H and O–H groups in total. The van der Waals surface area contributed by atoms with Crippen LogP contribution in [-0.2, 0) is 0 Å². The lowest BCUT2D eigenvalue weighted by Crippen LogP contribution is -1.96. The molecule has 0 spiro atoms. The molecule has 2 fully saturated rings. The van der Waals surface area contributed by atoms with Crippen molar-refractivity contribution in [2.75, 3.05) is 0 Å². The van der Waals surface area contributed by atoms with Gasteiger partial charge in [0.15, 0.2) is 5.65 Å². The number of aryl methyl sites for hydroxylation is 2. The monoisotopic (exact) mass is 390 g/mol. The van der Waals surface area contributed by atoms with Crippen LogP contribution in [0.2, 0.25) is 0 Å². The summed E-state index contributed by atoms with van der Waals surface area (Å²) in [7, 11) is 0. The maximum Gasteiger partial charge on any atom is 0.158 e. The molecule has 0 amide bonds. The fraction of sp³-hybridized carbons (Fsp3) is 0.478. The van der Waals surface area contributed by atoms with Crippen molar-refractivity contribution in [2.24, 2.45) is 11.8 Å². The Hall–Kier alpha value is -2.14. The van der Waals surface area contributed by atoms with E-state index in [-0.39, 0.29) is 0 Å². The molecule has 5 heteroatoms. The summed E-state index contributed by atoms with van der Waals surface area (Å²) in [4.78, 5) is 11.2. The summed E-state index contributed by atoms with van der Waals surface area (Å²) in [6.07, 6.45) is 8.07. The summed E-state index contributed by atoms with van der Waals surface area (Å²) < 4.78 is 1.90. The topological polar surface area (TPSA) is 46.0 Å². The van der Waals surface area contributed by atoms with Crippen LogP contribution in [0.15, 0.2) is 18.6 Å². The van der Waals surface area contributed by atoms with Crippen LogP contribution in [0.25, 0.3) is 27.1 Å². The smallest absolute Gasteiger partial charge is 0.158 e. The molecular weight excluding hydrogens is 364 g/mol. The highest BCUT2D eigenvalue weighted by molar-refractivity contribution is 7.19. The van der Waals surface area contributed by atoms with Crippen molar-refractivity contribution in [1.82, 2.24) is 19.6 Å². The third-order valence-corrected chi connectivity index (χ3v) is 8.40. The summed E-state index contributed by atoms with van der Waals surface area (Å²) in [5, 5.41) is 5.85. The van der Waals surface area contributed by atoms with Crippen LogP contribution >= 0.6 is 11.3 Å². The van der Waals surface area contributed by atoms with Crippen molar-refractivity contribution in [1.29, 1.82) is 0 Å². The van der Waals surface area contributed by atoms with Gasteiger partial charge in [-0.2, -0.15) is 5.10 Å². The molecule has 2 unspecified atom stereocenters. The van der Waals surface area contributed by atoms with Gasteiger partial charge < -0.3 is 4.98 Å². The quantitative estimate of drug-likeness (QED) is 0.453. The summed E-state index contributed by atoms with van der Waals surface area (Å²) in [5.41, 5.74) is 7.53. The van der Waals surface area contributed by atoms with Crippen LogP contribution in [0.1, 0.15) is 66.5 Å². The van der Waals surface area contributed by atoms with Gasteiger partial charge >= 0.3 is 0 Å². The molecule has 0 aromatic carbocycles. The molecule has 2 aliphatic carbocycles. The number of nitrogens with zero attached hydrogens (tertiary/aromatic N) is 3. The van der Waals surface area contributed by atoms with Crippen LogP contribution in [0, 0.1) is 25.7 Å². The molecule has 28 heavy (non-hydrogen) atoms. The molecule has 6 rings (SSSR count). The fourth-order valence-electron chi connectivity index (χ4n) is 5.81. The lowest BCUT2D eigenvalue weighted by Gasteiger charge is -2.11. The van der Waals surface area contributed by atoms with E-state index in [1.54, 1.807) is 11.2 Å². The number of hydrogen-bond donors (Lipinski definition) is 1. The first-order chi connectivity index (χ1) is 13.5. The predicted octanol–water partition coefficient (Wildman–Crippen LogP) is 6.19. The Kier molecular flexibility index (Phi) is 3.41. The number of pyridine rings is 1. The molecule has 2 aliphatic rings. The molecule has 4 heterocycles. The van der Waals surface area contributed by atoms with Gasteiger partial charge in [0.1, 0.15) is 11.2 Å². The molecule has 144 valence electrons. The van der Waals surface area contributed by atoms with E-state index in [2.05, 4.69) is 55.0 Å². The number of thiophene rings is 1. The van der Waals surface area contributed by atoms with Gasteiger partial charge in [-0.3, -0.25) is 0 Å². The van der Waals surface area contributed by atoms with Gasteiger partial charge in [0, 0.05) is 22.0 Å². The van der Waals surface area contributed by atoms with Gasteiger partial charge in [-0.15, -0.1) is 11.3 Å². The second kappa shape index (κ2) is 5.69. The van der Waals surface area contributed by atoms with Crippen molar-refractivity contribution >= 4 is 27.2 Å². The van der Waals surface area contributed by atoms with Crippen molar-refractivity contribution in [3.63, 3.8) is 0 Å². The van der Waals surface area contributed by atoms with Crippen LogP contribution in [0.3, 0.4) is 0 Å². The molecular formula is C23H26N4S. The largest absolute Gasteiger partial charge is 0.346 e. The minimum Gasteiger partial charge on any atom is -0.346 e. The van der Waals surface area contributed by atoms with Crippen molar-refractivity contribution < 1.29 is 0 Å². The number of H-pyrrole nitrogens is 1. The second-order valence-electron chi connectivity index (χ2n) is 9.09. The Morgan fingerprint density at radius 3 is 2.75 bits per heavy atom. The van der Waals surface area contributed by atoms with E-state index in [1.165, 1.54) is 51.9 Å². The molecule has 4 aromatic rings. The standard InChI is InChI=1S/C23H26N4S/c1-11(2)17-18-13(4)21(19-15-6-5-7-16(15)19)28-23(18)26-20(17)14-8-12(3)22-24-10-25-27(22)9-14/h8-11,15-16,19,26H,5-7H2,1-4H3. The van der Waals surface area contributed by atoms with Crippen LogP contribution in [0.4, 0.5) is 0 Å². The number of aromatic amines is 1. The van der Waals surface area contributed by atoms with Crippen LogP contribution in [0.5, 0.6) is 0 Å². The van der Waals surface area contributed by atoms with Gasteiger partial charge in [-0.05, 0) is 73.1 Å². The van der Waals surface area contributed by atoms with E-state index in [0.717, 1.165) is 29.0 Å². The molecule has 2 saturated carbocycles. The molecule has 2 atom stereocenters. The minimum absolute atomic E-state index is 0.468. The Morgan fingerprint density at radius 2 is 2.00 bits per heavy atom. The molecule has 4 nitrogen and oxygen atoms in total. The van der Waals surface area contributed by atoms with E-state index in [0.29, 0.717) is 5.92 Å². The number of hydrogen-bond acceptors (Lipinski definition) is 3. The van der Waals surface area contributed by atoms with E-state index in [4.69, 9.17) is 0 Å². The predicted molar refractivity (Wildman–Crippen MR) is 115 cm³/mol. The fourth-order valence-corrected chi connectivity index (χ4v) is 7.29. The van der Waals surface area contributed by atoms with Gasteiger partial charge in [0.05, 0.1) is 5.69 Å². The van der Waals surface area contributed by atoms with Crippen LogP contribution < -0.4 is 0 Å². The maximum absolute atomic E-state index is 4.37. The summed E-state index contributed by atoms with van der Waals surface area (Å²) in [6, 6.07) is 2.24. The zero-order valence-corrected chi connectivity index (χ0v) is 17.7. The van der Waals surface area contributed by atoms with Crippen molar-refractivity contribution in [2.45, 2.75) is 58.8 Å². The number of fused-ring (bicyclic) bond motifs is 3. The highest BCUT2D eigenvalue weighted by Gasteiger charge is 2.54. The van der Waals surface area contributed by atoms with E-state index in [9.17, 15) is 0 Å². The third kappa shape index (κ3) is 2.17. The average molecular weight is 391 g/mol. The van der Waals surface area contributed by atoms with E-state index >= 15 is 0 Å². The van der Waals surface area contributed by atoms with Gasteiger partial charge in [-0.25, -0.2) is 9.50 Å². The summed E-state index contributed by atoms with van der Waals surface area (Å²) >= 11 is 2.02. The first-order valence-corrected chi connectivity index (χ1v) is 11.3. The zero-order valence-electron chi connectivity index (χ0n) is 16.9. The minimum atomic E-state index is 0.468. The third-order valence-electron chi connectivity index (χ3n) is 7.10. The number of rotatable bonds is 3. The van der Waals surface area contributed by atoms with E-state index < -0.39 is 0 Å². The Labute approximate surface area is 169 Å². The van der Waals surface area contributed by atoms with Crippen LogP contribution in [-0.4, -0.2) is 19.6 Å². The Balaban J connectivity index is 1.54. The van der Waals surface area contributed by atoms with Gasteiger partial charge in [0.2, 0.25) is 0 Å². The first kappa shape index (κ1) is 16.8. The van der Waals surface area contributed by atoms with Crippen molar-refractivity contribution in [3.8, 4) is 11.3 Å². The lowest BCUT2D eigenvalue weighted by molar-refractivity contribution is 0.686. The number of nitrogens with one attached hydrogen (secondary N) is 1. The lowest BCUT2D eigenvalue weighted by atomic mass is 9.94. The Bertz CT molecular complexity index is 1210. The Morgan fingerprint density at radius 1 is 1.21 bits per heavy atom. The normalized spacial score (nSPS) is 24.0. The van der Waals surface area contributed by atoms with Gasteiger partial charge in [0.25, 0.3) is 0 Å². The SMILES string of the molecule is Cc1c(C2C3CCCC32)sc2[nH]c(-c3cc(C)c4ncnn4c3)c(C(C)C)c12. The molecule has 0 saturated heterocycles. The summed E-state index contributed by atoms with van der Waals surface area (Å²) in [5.74, 6) is 3.26. The van der Waals surface area contributed by atoms with Gasteiger partial charge in [-0.1, -0.05) is 20.3 Å². The van der Waals surface area contributed by atoms with Crippen molar-refractivity contribution in [3.05, 3.63) is 40.2 Å². The highest BCUT2D eigenvalue weighted by atomic mass is 32.1. The summed E-state index contributed by atoms with van der Waals surface area (Å²) in [6.45, 7) is 9.10.